The van der Waals surface area contributed by atoms with E-state index in [2.05, 4.69) is 54.4 Å². The van der Waals surface area contributed by atoms with Gasteiger partial charge in [0, 0.05) is 16.9 Å². The number of fused-ring (bicyclic) bond motifs is 1. The maximum absolute atomic E-state index is 4.70. The molecule has 0 N–H and O–H groups in total. The third-order valence-electron chi connectivity index (χ3n) is 2.53. The molecule has 2 aromatic rings. The Bertz CT molecular complexity index is 506. The summed E-state index contributed by atoms with van der Waals surface area (Å²) < 4.78 is 3.23. The lowest BCUT2D eigenvalue weighted by molar-refractivity contribution is 0.526. The Kier molecular flexibility index (Phi) is 2.38. The second kappa shape index (κ2) is 3.34. The first kappa shape index (κ1) is 10.7. The predicted octanol–water partition coefficient (Wildman–Crippen LogP) is 3.63. The minimum atomic E-state index is 0.0766. The summed E-state index contributed by atoms with van der Waals surface area (Å²) in [5.41, 5.74) is 2.30. The highest BCUT2D eigenvalue weighted by Gasteiger charge is 2.21. The average Bonchev–Trinajstić information content (AvgIpc) is 2.45. The molecule has 1 aromatic heterocycles. The van der Waals surface area contributed by atoms with Crippen molar-refractivity contribution in [3.05, 3.63) is 28.5 Å². The van der Waals surface area contributed by atoms with Crippen LogP contribution in [0.3, 0.4) is 0 Å². The monoisotopic (exact) mass is 266 g/mol. The highest BCUT2D eigenvalue weighted by Crippen LogP contribution is 2.28. The van der Waals surface area contributed by atoms with Crippen molar-refractivity contribution in [2.24, 2.45) is 7.05 Å². The van der Waals surface area contributed by atoms with E-state index >= 15 is 0 Å². The second-order valence-corrected chi connectivity index (χ2v) is 5.71. The molecule has 15 heavy (non-hydrogen) atoms. The highest BCUT2D eigenvalue weighted by atomic mass is 79.9. The van der Waals surface area contributed by atoms with Crippen LogP contribution in [0.5, 0.6) is 0 Å². The summed E-state index contributed by atoms with van der Waals surface area (Å²) in [7, 11) is 2.07. The van der Waals surface area contributed by atoms with Gasteiger partial charge in [-0.25, -0.2) is 4.98 Å². The van der Waals surface area contributed by atoms with Crippen molar-refractivity contribution in [2.45, 2.75) is 26.2 Å². The Labute approximate surface area is 98.4 Å². The molecule has 0 saturated carbocycles. The topological polar surface area (TPSA) is 17.8 Å². The van der Waals surface area contributed by atoms with Gasteiger partial charge in [-0.2, -0.15) is 0 Å². The Morgan fingerprint density at radius 3 is 2.47 bits per heavy atom. The normalized spacial score (nSPS) is 12.3. The molecule has 1 aromatic carbocycles. The van der Waals surface area contributed by atoms with E-state index in [-0.39, 0.29) is 5.41 Å². The number of hydrogen-bond donors (Lipinski definition) is 0. The van der Waals surface area contributed by atoms with Crippen LogP contribution in [0.15, 0.2) is 22.7 Å². The van der Waals surface area contributed by atoms with E-state index in [1.165, 1.54) is 5.52 Å². The van der Waals surface area contributed by atoms with E-state index in [1.807, 2.05) is 12.1 Å². The van der Waals surface area contributed by atoms with Crippen molar-refractivity contribution in [1.29, 1.82) is 0 Å². The predicted molar refractivity (Wildman–Crippen MR) is 67.1 cm³/mol. The molecule has 0 saturated heterocycles. The fourth-order valence-corrected chi connectivity index (χ4v) is 2.30. The number of aromatic nitrogens is 2. The fourth-order valence-electron chi connectivity index (χ4n) is 1.85. The molecule has 2 nitrogen and oxygen atoms in total. The van der Waals surface area contributed by atoms with Crippen molar-refractivity contribution < 1.29 is 0 Å². The van der Waals surface area contributed by atoms with Gasteiger partial charge in [0.1, 0.15) is 11.3 Å². The molecule has 0 fully saturated rings. The maximum Gasteiger partial charge on any atom is 0.115 e. The number of benzene rings is 1. The summed E-state index contributed by atoms with van der Waals surface area (Å²) in [6, 6.07) is 6.17. The first-order chi connectivity index (χ1) is 6.91. The van der Waals surface area contributed by atoms with Gasteiger partial charge in [0.25, 0.3) is 0 Å². The SMILES string of the molecule is Cn1c(C(C)(C)C)nc2c(Br)cccc21. The van der Waals surface area contributed by atoms with Crippen molar-refractivity contribution in [2.75, 3.05) is 0 Å². The molecule has 0 bridgehead atoms. The number of halogens is 1. The van der Waals surface area contributed by atoms with Gasteiger partial charge in [-0.1, -0.05) is 26.8 Å². The molecule has 1 heterocycles. The number of aryl methyl sites for hydroxylation is 1. The maximum atomic E-state index is 4.70. The lowest BCUT2D eigenvalue weighted by Crippen LogP contribution is -2.17. The summed E-state index contributed by atoms with van der Waals surface area (Å²) in [6.45, 7) is 6.55. The molecule has 3 heteroatoms. The number of hydrogen-bond acceptors (Lipinski definition) is 1. The quantitative estimate of drug-likeness (QED) is 0.712. The molecule has 0 spiro atoms. The zero-order valence-electron chi connectivity index (χ0n) is 9.50. The smallest absolute Gasteiger partial charge is 0.115 e. The summed E-state index contributed by atoms with van der Waals surface area (Å²) in [5, 5.41) is 0. The van der Waals surface area contributed by atoms with Gasteiger partial charge >= 0.3 is 0 Å². The molecule has 0 aliphatic carbocycles. The van der Waals surface area contributed by atoms with E-state index in [4.69, 9.17) is 4.98 Å². The van der Waals surface area contributed by atoms with Crippen molar-refractivity contribution in [1.82, 2.24) is 9.55 Å². The molecule has 0 atom stereocenters. The van der Waals surface area contributed by atoms with Crippen LogP contribution in [0.4, 0.5) is 0 Å². The Balaban J connectivity index is 2.81. The minimum Gasteiger partial charge on any atom is -0.331 e. The van der Waals surface area contributed by atoms with Gasteiger partial charge in [0.05, 0.1) is 5.52 Å². The molecule has 80 valence electrons. The zero-order chi connectivity index (χ0) is 11.2. The first-order valence-corrected chi connectivity index (χ1v) is 5.82. The Hall–Kier alpha value is -0.830. The Morgan fingerprint density at radius 2 is 1.93 bits per heavy atom. The summed E-state index contributed by atoms with van der Waals surface area (Å²) in [5.74, 6) is 1.12. The van der Waals surface area contributed by atoms with Gasteiger partial charge in [0.2, 0.25) is 0 Å². The minimum absolute atomic E-state index is 0.0766. The second-order valence-electron chi connectivity index (χ2n) is 4.85. The van der Waals surface area contributed by atoms with Crippen LogP contribution < -0.4 is 0 Å². The molecular weight excluding hydrogens is 252 g/mol. The van der Waals surface area contributed by atoms with Crippen molar-refractivity contribution in [3.63, 3.8) is 0 Å². The third-order valence-corrected chi connectivity index (χ3v) is 3.17. The number of nitrogens with zero attached hydrogens (tertiary/aromatic N) is 2. The Morgan fingerprint density at radius 1 is 1.27 bits per heavy atom. The van der Waals surface area contributed by atoms with E-state index in [0.717, 1.165) is 15.8 Å². The average molecular weight is 267 g/mol. The number of imidazole rings is 1. The van der Waals surface area contributed by atoms with Gasteiger partial charge < -0.3 is 4.57 Å². The van der Waals surface area contributed by atoms with Crippen LogP contribution in [0.25, 0.3) is 11.0 Å². The van der Waals surface area contributed by atoms with Gasteiger partial charge in [0.15, 0.2) is 0 Å². The van der Waals surface area contributed by atoms with Crippen molar-refractivity contribution in [3.8, 4) is 0 Å². The molecule has 2 rings (SSSR count). The van der Waals surface area contributed by atoms with E-state index in [9.17, 15) is 0 Å². The van der Waals surface area contributed by atoms with Crippen LogP contribution in [-0.2, 0) is 12.5 Å². The molecule has 0 radical (unpaired) electrons. The van der Waals surface area contributed by atoms with Gasteiger partial charge in [-0.3, -0.25) is 0 Å². The summed E-state index contributed by atoms with van der Waals surface area (Å²) in [4.78, 5) is 4.70. The van der Waals surface area contributed by atoms with Crippen LogP contribution in [0, 0.1) is 0 Å². The summed E-state index contributed by atoms with van der Waals surface area (Å²) in [6.07, 6.45) is 0. The molecule has 0 unspecified atom stereocenters. The lowest BCUT2D eigenvalue weighted by Gasteiger charge is -2.17. The fraction of sp³-hybridized carbons (Fsp3) is 0.417. The van der Waals surface area contributed by atoms with Crippen molar-refractivity contribution >= 4 is 27.0 Å². The molecule has 0 aliphatic heterocycles. The largest absolute Gasteiger partial charge is 0.331 e. The number of rotatable bonds is 0. The highest BCUT2D eigenvalue weighted by molar-refractivity contribution is 9.10. The standard InChI is InChI=1S/C12H15BrN2/c1-12(2,3)11-14-10-8(13)6-5-7-9(10)15(11)4/h5-7H,1-4H3. The summed E-state index contributed by atoms with van der Waals surface area (Å²) >= 11 is 3.54. The van der Waals surface area contributed by atoms with E-state index in [0.29, 0.717) is 0 Å². The third kappa shape index (κ3) is 1.69. The zero-order valence-corrected chi connectivity index (χ0v) is 11.1. The number of para-hydroxylation sites is 1. The molecular formula is C12H15BrN2. The van der Waals surface area contributed by atoms with Gasteiger partial charge in [-0.15, -0.1) is 0 Å². The van der Waals surface area contributed by atoms with E-state index < -0.39 is 0 Å². The lowest BCUT2D eigenvalue weighted by atomic mass is 9.96. The van der Waals surface area contributed by atoms with Crippen LogP contribution >= 0.6 is 15.9 Å². The van der Waals surface area contributed by atoms with E-state index in [1.54, 1.807) is 0 Å². The molecule has 0 amide bonds. The van der Waals surface area contributed by atoms with Crippen LogP contribution in [-0.4, -0.2) is 9.55 Å². The van der Waals surface area contributed by atoms with Crippen LogP contribution in [0.2, 0.25) is 0 Å². The first-order valence-electron chi connectivity index (χ1n) is 5.02. The van der Waals surface area contributed by atoms with Crippen LogP contribution in [0.1, 0.15) is 26.6 Å². The molecule has 0 aliphatic rings. The van der Waals surface area contributed by atoms with Gasteiger partial charge in [-0.05, 0) is 28.1 Å².